The van der Waals surface area contributed by atoms with Gasteiger partial charge in [-0.3, -0.25) is 0 Å². The Labute approximate surface area is 111 Å². The van der Waals surface area contributed by atoms with Crippen LogP contribution in [0.15, 0.2) is 30.3 Å². The fraction of sp³-hybridized carbons (Fsp3) is 0.625. The zero-order chi connectivity index (χ0) is 13.2. The van der Waals surface area contributed by atoms with Crippen molar-refractivity contribution in [2.24, 2.45) is 0 Å². The lowest BCUT2D eigenvalue weighted by atomic mass is 9.79. The molecule has 18 heavy (non-hydrogen) atoms. The summed E-state index contributed by atoms with van der Waals surface area (Å²) in [6.45, 7) is 10.2. The van der Waals surface area contributed by atoms with Gasteiger partial charge in [-0.05, 0) is 46.1 Å². The van der Waals surface area contributed by atoms with E-state index in [0.29, 0.717) is 6.04 Å². The SMILES string of the molecule is CC1(C)CC(NCc2ccccc2)CC(C)(C)N1. The molecule has 0 atom stereocenters. The first-order valence-electron chi connectivity index (χ1n) is 6.93. The van der Waals surface area contributed by atoms with Crippen LogP contribution < -0.4 is 10.6 Å². The first kappa shape index (κ1) is 13.6. The van der Waals surface area contributed by atoms with Crippen molar-refractivity contribution in [3.05, 3.63) is 35.9 Å². The summed E-state index contributed by atoms with van der Waals surface area (Å²) in [6.07, 6.45) is 2.37. The summed E-state index contributed by atoms with van der Waals surface area (Å²) in [5.74, 6) is 0. The van der Waals surface area contributed by atoms with Crippen molar-refractivity contribution < 1.29 is 0 Å². The molecule has 1 aromatic rings. The van der Waals surface area contributed by atoms with E-state index in [1.807, 2.05) is 0 Å². The largest absolute Gasteiger partial charge is 0.310 e. The van der Waals surface area contributed by atoms with Gasteiger partial charge in [-0.1, -0.05) is 30.3 Å². The molecule has 2 N–H and O–H groups in total. The Balaban J connectivity index is 1.93. The third kappa shape index (κ3) is 3.82. The third-order valence-electron chi connectivity index (χ3n) is 3.63. The molecule has 1 aliphatic rings. The van der Waals surface area contributed by atoms with Crippen molar-refractivity contribution in [1.82, 2.24) is 10.6 Å². The van der Waals surface area contributed by atoms with Crippen LogP contribution in [0.4, 0.5) is 0 Å². The van der Waals surface area contributed by atoms with Crippen LogP contribution in [-0.4, -0.2) is 17.1 Å². The van der Waals surface area contributed by atoms with Gasteiger partial charge in [-0.25, -0.2) is 0 Å². The summed E-state index contributed by atoms with van der Waals surface area (Å²) < 4.78 is 0. The van der Waals surface area contributed by atoms with Crippen LogP contribution in [0, 0.1) is 0 Å². The summed E-state index contributed by atoms with van der Waals surface area (Å²) in [4.78, 5) is 0. The molecule has 0 unspecified atom stereocenters. The fourth-order valence-electron chi connectivity index (χ4n) is 3.32. The fourth-order valence-corrected chi connectivity index (χ4v) is 3.32. The molecule has 1 heterocycles. The Hall–Kier alpha value is -0.860. The molecular formula is C16H26N2. The Morgan fingerprint density at radius 3 is 2.17 bits per heavy atom. The molecule has 100 valence electrons. The van der Waals surface area contributed by atoms with E-state index in [4.69, 9.17) is 0 Å². The minimum atomic E-state index is 0.218. The topological polar surface area (TPSA) is 24.1 Å². The van der Waals surface area contributed by atoms with E-state index in [1.54, 1.807) is 0 Å². The van der Waals surface area contributed by atoms with Crippen LogP contribution in [0.1, 0.15) is 46.1 Å². The average Bonchev–Trinajstić information content (AvgIpc) is 2.24. The minimum Gasteiger partial charge on any atom is -0.310 e. The molecule has 0 spiro atoms. The number of rotatable bonds is 3. The Kier molecular flexibility index (Phi) is 3.79. The lowest BCUT2D eigenvalue weighted by Crippen LogP contribution is -2.61. The van der Waals surface area contributed by atoms with Gasteiger partial charge in [-0.15, -0.1) is 0 Å². The normalized spacial score (nSPS) is 22.9. The third-order valence-corrected chi connectivity index (χ3v) is 3.63. The number of benzene rings is 1. The van der Waals surface area contributed by atoms with Crippen molar-refractivity contribution >= 4 is 0 Å². The lowest BCUT2D eigenvalue weighted by Gasteiger charge is -2.46. The van der Waals surface area contributed by atoms with Gasteiger partial charge in [0.25, 0.3) is 0 Å². The summed E-state index contributed by atoms with van der Waals surface area (Å²) in [5, 5.41) is 7.43. The van der Waals surface area contributed by atoms with Crippen LogP contribution in [0.5, 0.6) is 0 Å². The molecule has 0 amide bonds. The molecule has 0 aliphatic carbocycles. The number of nitrogens with one attached hydrogen (secondary N) is 2. The maximum atomic E-state index is 3.72. The number of piperidine rings is 1. The van der Waals surface area contributed by atoms with Gasteiger partial charge in [0.05, 0.1) is 0 Å². The standard InChI is InChI=1S/C16H26N2/c1-15(2)10-14(11-16(3,4)18-15)17-12-13-8-6-5-7-9-13/h5-9,14,17-18H,10-12H2,1-4H3. The maximum absolute atomic E-state index is 3.72. The number of hydrogen-bond acceptors (Lipinski definition) is 2. The molecule has 0 aromatic heterocycles. The molecule has 2 rings (SSSR count). The zero-order valence-electron chi connectivity index (χ0n) is 12.1. The van der Waals surface area contributed by atoms with Gasteiger partial charge in [0.1, 0.15) is 0 Å². The quantitative estimate of drug-likeness (QED) is 0.856. The second kappa shape index (κ2) is 5.02. The summed E-state index contributed by atoms with van der Waals surface area (Å²) in [7, 11) is 0. The Bertz CT molecular complexity index is 365. The van der Waals surface area contributed by atoms with Crippen molar-refractivity contribution in [2.45, 2.75) is 64.2 Å². The second-order valence-corrected chi connectivity index (χ2v) is 6.86. The number of hydrogen-bond donors (Lipinski definition) is 2. The molecule has 1 saturated heterocycles. The highest BCUT2D eigenvalue weighted by molar-refractivity contribution is 5.14. The average molecular weight is 246 g/mol. The van der Waals surface area contributed by atoms with Crippen molar-refractivity contribution in [1.29, 1.82) is 0 Å². The van der Waals surface area contributed by atoms with Crippen LogP contribution in [0.25, 0.3) is 0 Å². The summed E-state index contributed by atoms with van der Waals surface area (Å²) in [5.41, 5.74) is 1.80. The van der Waals surface area contributed by atoms with Gasteiger partial charge in [-0.2, -0.15) is 0 Å². The van der Waals surface area contributed by atoms with Crippen LogP contribution in [0.3, 0.4) is 0 Å². The van der Waals surface area contributed by atoms with E-state index in [-0.39, 0.29) is 11.1 Å². The second-order valence-electron chi connectivity index (χ2n) is 6.86. The Morgan fingerprint density at radius 2 is 1.61 bits per heavy atom. The summed E-state index contributed by atoms with van der Waals surface area (Å²) in [6, 6.07) is 11.2. The molecule has 2 nitrogen and oxygen atoms in total. The highest BCUT2D eigenvalue weighted by Gasteiger charge is 2.37. The van der Waals surface area contributed by atoms with E-state index < -0.39 is 0 Å². The molecule has 0 radical (unpaired) electrons. The first-order chi connectivity index (χ1) is 8.36. The van der Waals surface area contributed by atoms with Crippen LogP contribution in [0.2, 0.25) is 0 Å². The van der Waals surface area contributed by atoms with Gasteiger partial charge < -0.3 is 10.6 Å². The van der Waals surface area contributed by atoms with Gasteiger partial charge in [0, 0.05) is 23.7 Å². The van der Waals surface area contributed by atoms with Crippen LogP contribution in [-0.2, 0) is 6.54 Å². The molecule has 1 aromatic carbocycles. The predicted molar refractivity (Wildman–Crippen MR) is 77.6 cm³/mol. The van der Waals surface area contributed by atoms with E-state index in [9.17, 15) is 0 Å². The maximum Gasteiger partial charge on any atom is 0.0208 e. The van der Waals surface area contributed by atoms with Gasteiger partial charge in [0.2, 0.25) is 0 Å². The van der Waals surface area contributed by atoms with E-state index in [0.717, 1.165) is 6.54 Å². The van der Waals surface area contributed by atoms with Crippen LogP contribution >= 0.6 is 0 Å². The van der Waals surface area contributed by atoms with E-state index in [2.05, 4.69) is 68.7 Å². The predicted octanol–water partition coefficient (Wildman–Crippen LogP) is 3.09. The van der Waals surface area contributed by atoms with Gasteiger partial charge >= 0.3 is 0 Å². The van der Waals surface area contributed by atoms with Crippen molar-refractivity contribution in [3.63, 3.8) is 0 Å². The first-order valence-corrected chi connectivity index (χ1v) is 6.93. The minimum absolute atomic E-state index is 0.218. The molecular weight excluding hydrogens is 220 g/mol. The molecule has 0 saturated carbocycles. The van der Waals surface area contributed by atoms with Crippen molar-refractivity contribution in [2.75, 3.05) is 0 Å². The van der Waals surface area contributed by atoms with Gasteiger partial charge in [0.15, 0.2) is 0 Å². The molecule has 1 fully saturated rings. The molecule has 2 heteroatoms. The monoisotopic (exact) mass is 246 g/mol. The molecule has 1 aliphatic heterocycles. The summed E-state index contributed by atoms with van der Waals surface area (Å²) >= 11 is 0. The lowest BCUT2D eigenvalue weighted by molar-refractivity contribution is 0.145. The molecule has 0 bridgehead atoms. The van der Waals surface area contributed by atoms with Crippen molar-refractivity contribution in [3.8, 4) is 0 Å². The van der Waals surface area contributed by atoms with E-state index in [1.165, 1.54) is 18.4 Å². The van der Waals surface area contributed by atoms with E-state index >= 15 is 0 Å². The highest BCUT2D eigenvalue weighted by Crippen LogP contribution is 2.28. The Morgan fingerprint density at radius 1 is 1.06 bits per heavy atom. The smallest absolute Gasteiger partial charge is 0.0208 e. The zero-order valence-corrected chi connectivity index (χ0v) is 12.1. The highest BCUT2D eigenvalue weighted by atomic mass is 15.1.